The van der Waals surface area contributed by atoms with Crippen molar-refractivity contribution in [3.8, 4) is 17.3 Å². The van der Waals surface area contributed by atoms with Gasteiger partial charge in [-0.15, -0.1) is 0 Å². The van der Waals surface area contributed by atoms with Crippen molar-refractivity contribution in [1.82, 2.24) is 24.4 Å². The highest BCUT2D eigenvalue weighted by Gasteiger charge is 2.26. The van der Waals surface area contributed by atoms with Gasteiger partial charge in [0, 0.05) is 44.6 Å². The Bertz CT molecular complexity index is 984. The van der Waals surface area contributed by atoms with Crippen LogP contribution in [0.4, 0.5) is 5.82 Å². The zero-order valence-corrected chi connectivity index (χ0v) is 16.4. The van der Waals surface area contributed by atoms with Crippen LogP contribution in [0.1, 0.15) is 10.4 Å². The molecule has 0 aliphatic carbocycles. The van der Waals surface area contributed by atoms with Gasteiger partial charge in [-0.3, -0.25) is 9.36 Å². The molecule has 0 spiro atoms. The SMILES string of the molecule is COc1cccc(C(=O)N2CCN(c3cc(-n4ccnc4)ncn3)CC2)c1OC. The lowest BCUT2D eigenvalue weighted by Crippen LogP contribution is -2.49. The third kappa shape index (κ3) is 3.71. The van der Waals surface area contributed by atoms with Gasteiger partial charge in [-0.1, -0.05) is 6.07 Å². The summed E-state index contributed by atoms with van der Waals surface area (Å²) in [5.74, 6) is 2.53. The highest BCUT2D eigenvalue weighted by atomic mass is 16.5. The van der Waals surface area contributed by atoms with Gasteiger partial charge >= 0.3 is 0 Å². The molecule has 0 N–H and O–H groups in total. The van der Waals surface area contributed by atoms with E-state index in [0.29, 0.717) is 43.2 Å². The van der Waals surface area contributed by atoms with Crippen molar-refractivity contribution in [3.05, 3.63) is 54.9 Å². The molecule has 1 saturated heterocycles. The summed E-state index contributed by atoms with van der Waals surface area (Å²) in [7, 11) is 3.10. The molecule has 1 aliphatic heterocycles. The smallest absolute Gasteiger partial charge is 0.257 e. The van der Waals surface area contributed by atoms with E-state index in [9.17, 15) is 4.79 Å². The first kappa shape index (κ1) is 18.7. The molecular weight excluding hydrogens is 372 g/mol. The first-order chi connectivity index (χ1) is 14.2. The Morgan fingerprint density at radius 1 is 1.03 bits per heavy atom. The molecule has 2 aromatic heterocycles. The Balaban J connectivity index is 1.46. The second kappa shape index (κ2) is 8.17. The van der Waals surface area contributed by atoms with Crippen LogP contribution in [0.5, 0.6) is 11.5 Å². The molecule has 1 fully saturated rings. The van der Waals surface area contributed by atoms with Gasteiger partial charge in [0.05, 0.1) is 19.8 Å². The number of para-hydroxylation sites is 1. The van der Waals surface area contributed by atoms with Gasteiger partial charge in [-0.05, 0) is 12.1 Å². The average molecular weight is 394 g/mol. The van der Waals surface area contributed by atoms with Crippen LogP contribution in [0.15, 0.2) is 49.3 Å². The van der Waals surface area contributed by atoms with E-state index < -0.39 is 0 Å². The van der Waals surface area contributed by atoms with Crippen molar-refractivity contribution >= 4 is 11.7 Å². The molecule has 0 atom stereocenters. The van der Waals surface area contributed by atoms with Crippen LogP contribution in [0, 0.1) is 0 Å². The van der Waals surface area contributed by atoms with Crippen LogP contribution in [0.3, 0.4) is 0 Å². The number of rotatable bonds is 5. The molecule has 29 heavy (non-hydrogen) atoms. The molecule has 0 radical (unpaired) electrons. The summed E-state index contributed by atoms with van der Waals surface area (Å²) < 4.78 is 12.6. The predicted molar refractivity (Wildman–Crippen MR) is 107 cm³/mol. The quantitative estimate of drug-likeness (QED) is 0.650. The molecule has 150 valence electrons. The fourth-order valence-electron chi connectivity index (χ4n) is 3.41. The fraction of sp³-hybridized carbons (Fsp3) is 0.300. The molecule has 1 aromatic carbocycles. The van der Waals surface area contributed by atoms with Crippen molar-refractivity contribution in [2.24, 2.45) is 0 Å². The number of hydrogen-bond donors (Lipinski definition) is 0. The van der Waals surface area contributed by atoms with E-state index in [-0.39, 0.29) is 5.91 Å². The van der Waals surface area contributed by atoms with Gasteiger partial charge in [-0.2, -0.15) is 0 Å². The van der Waals surface area contributed by atoms with Crippen LogP contribution in [0.25, 0.3) is 5.82 Å². The first-order valence-electron chi connectivity index (χ1n) is 9.27. The summed E-state index contributed by atoms with van der Waals surface area (Å²) in [5.41, 5.74) is 0.504. The molecule has 9 heteroatoms. The summed E-state index contributed by atoms with van der Waals surface area (Å²) in [6, 6.07) is 7.26. The zero-order valence-electron chi connectivity index (χ0n) is 16.4. The topological polar surface area (TPSA) is 85.6 Å². The first-order valence-corrected chi connectivity index (χ1v) is 9.27. The fourth-order valence-corrected chi connectivity index (χ4v) is 3.41. The standard InChI is InChI=1S/C20H22N6O3/c1-28-16-5-3-4-15(19(16)29-2)20(27)25-10-8-24(9-11-25)17-12-18(23-13-22-17)26-7-6-21-14-26/h3-7,12-14H,8-11H2,1-2H3. The van der Waals surface area contributed by atoms with E-state index in [4.69, 9.17) is 9.47 Å². The maximum absolute atomic E-state index is 13.0. The highest BCUT2D eigenvalue weighted by molar-refractivity contribution is 5.98. The second-order valence-corrected chi connectivity index (χ2v) is 6.52. The minimum Gasteiger partial charge on any atom is -0.493 e. The van der Waals surface area contributed by atoms with Crippen molar-refractivity contribution in [2.75, 3.05) is 45.3 Å². The maximum atomic E-state index is 13.0. The van der Waals surface area contributed by atoms with Crippen LogP contribution >= 0.6 is 0 Å². The number of carbonyl (C=O) groups is 1. The van der Waals surface area contributed by atoms with Gasteiger partial charge < -0.3 is 19.3 Å². The summed E-state index contributed by atoms with van der Waals surface area (Å²) in [4.78, 5) is 29.7. The molecule has 4 rings (SSSR count). The molecule has 3 heterocycles. The summed E-state index contributed by atoms with van der Waals surface area (Å²) in [6.45, 7) is 2.53. The number of anilines is 1. The van der Waals surface area contributed by atoms with Crippen molar-refractivity contribution in [1.29, 1.82) is 0 Å². The molecule has 9 nitrogen and oxygen atoms in total. The normalized spacial score (nSPS) is 14.0. The van der Waals surface area contributed by atoms with Gasteiger partial charge in [0.1, 0.15) is 24.3 Å². The van der Waals surface area contributed by atoms with Gasteiger partial charge in [0.25, 0.3) is 5.91 Å². The number of imidazole rings is 1. The Morgan fingerprint density at radius 3 is 2.52 bits per heavy atom. The number of hydrogen-bond acceptors (Lipinski definition) is 7. The minimum absolute atomic E-state index is 0.0674. The number of amides is 1. The minimum atomic E-state index is -0.0674. The number of carbonyl (C=O) groups excluding carboxylic acids is 1. The Hall–Kier alpha value is -3.62. The van der Waals surface area contributed by atoms with Crippen molar-refractivity contribution < 1.29 is 14.3 Å². The largest absolute Gasteiger partial charge is 0.493 e. The maximum Gasteiger partial charge on any atom is 0.257 e. The van der Waals surface area contributed by atoms with E-state index in [1.807, 2.05) is 21.7 Å². The van der Waals surface area contributed by atoms with Crippen LogP contribution in [0.2, 0.25) is 0 Å². The zero-order chi connectivity index (χ0) is 20.2. The number of ether oxygens (including phenoxy) is 2. The summed E-state index contributed by atoms with van der Waals surface area (Å²) in [6.07, 6.45) is 6.79. The van der Waals surface area contributed by atoms with Crippen LogP contribution in [-0.4, -0.2) is 70.7 Å². The van der Waals surface area contributed by atoms with Crippen LogP contribution < -0.4 is 14.4 Å². The van der Waals surface area contributed by atoms with E-state index in [1.54, 1.807) is 51.3 Å². The molecule has 3 aromatic rings. The number of piperazine rings is 1. The summed E-state index contributed by atoms with van der Waals surface area (Å²) >= 11 is 0. The average Bonchev–Trinajstić information content (AvgIpc) is 3.33. The van der Waals surface area contributed by atoms with E-state index in [1.165, 1.54) is 0 Å². The van der Waals surface area contributed by atoms with Crippen molar-refractivity contribution in [2.45, 2.75) is 0 Å². The summed E-state index contributed by atoms with van der Waals surface area (Å²) in [5, 5.41) is 0. The lowest BCUT2D eigenvalue weighted by molar-refractivity contribution is 0.0742. The number of aromatic nitrogens is 4. The van der Waals surface area contributed by atoms with E-state index >= 15 is 0 Å². The molecule has 1 amide bonds. The third-order valence-electron chi connectivity index (χ3n) is 4.93. The molecule has 1 aliphatic rings. The Kier molecular flexibility index (Phi) is 5.28. The molecule has 0 saturated carbocycles. The number of methoxy groups -OCH3 is 2. The Labute approximate surface area is 168 Å². The highest BCUT2D eigenvalue weighted by Crippen LogP contribution is 2.31. The van der Waals surface area contributed by atoms with Gasteiger partial charge in [-0.25, -0.2) is 15.0 Å². The predicted octanol–water partition coefficient (Wildman–Crippen LogP) is 1.64. The Morgan fingerprint density at radius 2 is 1.83 bits per heavy atom. The second-order valence-electron chi connectivity index (χ2n) is 6.52. The monoisotopic (exact) mass is 394 g/mol. The molecule has 0 bridgehead atoms. The van der Waals surface area contributed by atoms with Crippen molar-refractivity contribution in [3.63, 3.8) is 0 Å². The van der Waals surface area contributed by atoms with Gasteiger partial charge in [0.15, 0.2) is 11.5 Å². The molecule has 0 unspecified atom stereocenters. The number of nitrogens with zero attached hydrogens (tertiary/aromatic N) is 6. The van der Waals surface area contributed by atoms with Crippen LogP contribution in [-0.2, 0) is 0 Å². The third-order valence-corrected chi connectivity index (χ3v) is 4.93. The van der Waals surface area contributed by atoms with E-state index in [2.05, 4.69) is 19.9 Å². The molecular formula is C20H22N6O3. The lowest BCUT2D eigenvalue weighted by Gasteiger charge is -2.35. The van der Waals surface area contributed by atoms with E-state index in [0.717, 1.165) is 11.6 Å². The lowest BCUT2D eigenvalue weighted by atomic mass is 10.1. The number of benzene rings is 1. The van der Waals surface area contributed by atoms with Gasteiger partial charge in [0.2, 0.25) is 0 Å².